The van der Waals surface area contributed by atoms with E-state index in [0.29, 0.717) is 26.1 Å². The topological polar surface area (TPSA) is 135 Å². The second-order valence-electron chi connectivity index (χ2n) is 8.61. The summed E-state index contributed by atoms with van der Waals surface area (Å²) in [7, 11) is 3.75. The van der Waals surface area contributed by atoms with Crippen molar-refractivity contribution in [3.05, 3.63) is 0 Å². The molecule has 10 unspecified atom stereocenters. The van der Waals surface area contributed by atoms with Crippen LogP contribution in [0.2, 0.25) is 0 Å². The summed E-state index contributed by atoms with van der Waals surface area (Å²) >= 11 is 14.9. The summed E-state index contributed by atoms with van der Waals surface area (Å²) in [6.07, 6.45) is -0.0682. The number of esters is 3. The van der Waals surface area contributed by atoms with Crippen molar-refractivity contribution in [2.75, 3.05) is 25.0 Å². The zero-order valence-corrected chi connectivity index (χ0v) is 24.8. The zero-order valence-electron chi connectivity index (χ0n) is 19.3. The molecule has 6 aliphatic rings. The fourth-order valence-electron chi connectivity index (χ4n) is 5.47. The molecule has 15 heteroatoms. The van der Waals surface area contributed by atoms with E-state index in [4.69, 9.17) is 59.8 Å². The molecular formula is C20H24BCl3O10U. The molecule has 0 aromatic heterocycles. The molecule has 6 heterocycles. The van der Waals surface area contributed by atoms with Gasteiger partial charge in [-0.25, -0.2) is 0 Å². The third-order valence-corrected chi connectivity index (χ3v) is 7.54. The van der Waals surface area contributed by atoms with Crippen LogP contribution >= 0.6 is 34.8 Å². The number of ether oxygens (including phenoxy) is 5. The second-order valence-corrected chi connectivity index (χ2v) is 9.56. The number of carbonyl (C=O) groups is 4. The summed E-state index contributed by atoms with van der Waals surface area (Å²) in [5.41, 5.74) is 0. The molecule has 2 radical (unpaired) electrons. The minimum atomic E-state index is -0.508. The van der Waals surface area contributed by atoms with Gasteiger partial charge in [0.25, 0.3) is 0 Å². The predicted molar refractivity (Wildman–Crippen MR) is 118 cm³/mol. The molecule has 192 valence electrons. The Morgan fingerprint density at radius 3 is 1.97 bits per heavy atom. The van der Waals surface area contributed by atoms with Crippen molar-refractivity contribution in [1.82, 2.24) is 0 Å². The van der Waals surface area contributed by atoms with Crippen LogP contribution in [-0.2, 0) is 42.9 Å². The summed E-state index contributed by atoms with van der Waals surface area (Å²) in [5, 5.41) is 8.94. The average molecular weight is 781 g/mol. The standard InChI is InChI=1S/C10H11ClO5.C8H10O4.C2H2Cl2O.BH.U/c11-2-7(12)15-6-1-5-4-3-14-10(13)8(4)9(6)16-5;9-4-1-5-3-2-11-8(10)6(3)7(4)12-5;3-1-2(4)5;;/h4-6,8-9H,1-3H2;3-7,9H,1-2H2;1H2;1H;/i;;;1D;. The van der Waals surface area contributed by atoms with Crippen molar-refractivity contribution in [1.29, 1.82) is 1.34 Å². The maximum atomic E-state index is 11.5. The summed E-state index contributed by atoms with van der Waals surface area (Å²) in [6.45, 7) is 0.915. The zero-order chi connectivity index (χ0) is 25.9. The predicted octanol–water partition coefficient (Wildman–Crippen LogP) is -0.253. The minimum Gasteiger partial charge on any atom is -0.465 e. The van der Waals surface area contributed by atoms with E-state index in [9.17, 15) is 24.3 Å². The Kier molecular flexibility index (Phi) is 11.1. The number of aliphatic hydroxyl groups excluding tert-OH is 1. The molecule has 6 rings (SSSR count). The number of hydrogen-bond donors (Lipinski definition) is 1. The number of hydrogen-bond acceptors (Lipinski definition) is 10. The van der Waals surface area contributed by atoms with Gasteiger partial charge in [0.2, 0.25) is 5.24 Å². The monoisotopic (exact) mass is 779 g/mol. The maximum absolute atomic E-state index is 11.5. The van der Waals surface area contributed by atoms with Gasteiger partial charge in [-0.05, 0) is 12.9 Å². The molecule has 35 heavy (non-hydrogen) atoms. The van der Waals surface area contributed by atoms with E-state index in [1.165, 1.54) is 0 Å². The Balaban J connectivity index is 0.000000202. The van der Waals surface area contributed by atoms with Crippen molar-refractivity contribution in [2.24, 2.45) is 23.7 Å². The van der Waals surface area contributed by atoms with Gasteiger partial charge in [-0.1, -0.05) is 0 Å². The number of carbonyl (C=O) groups excluding carboxylic acids is 4. The van der Waals surface area contributed by atoms with E-state index in [1.54, 1.807) is 0 Å². The average Bonchev–Trinajstić information content (AvgIpc) is 3.67. The third-order valence-electron chi connectivity index (χ3n) is 6.81. The summed E-state index contributed by atoms with van der Waals surface area (Å²) in [6, 6.07) is 0. The fourth-order valence-corrected chi connectivity index (χ4v) is 5.54. The van der Waals surface area contributed by atoms with Crippen molar-refractivity contribution >= 4 is 66.3 Å². The molecule has 0 aromatic carbocycles. The van der Waals surface area contributed by atoms with Crippen molar-refractivity contribution in [2.45, 2.75) is 49.5 Å². The van der Waals surface area contributed by atoms with E-state index < -0.39 is 17.3 Å². The van der Waals surface area contributed by atoms with Gasteiger partial charge < -0.3 is 28.8 Å². The SMILES string of the molecule is O=C(CCl)OC1CC2OC1C1C(=O)OCC21.O=C(Cl)CCl.O=C1OCC2C3CC(O)C(O3)C12.[2H][B].[U]. The van der Waals surface area contributed by atoms with Crippen LogP contribution in [0.5, 0.6) is 0 Å². The van der Waals surface area contributed by atoms with Crippen molar-refractivity contribution < 1.29 is 79.1 Å². The number of rotatable bonds is 3. The van der Waals surface area contributed by atoms with Crippen LogP contribution in [-0.4, -0.2) is 99.6 Å². The molecule has 10 atom stereocenters. The first-order chi connectivity index (χ1) is 16.7. The molecule has 1 N–H and O–H groups in total. The van der Waals surface area contributed by atoms with Crippen molar-refractivity contribution in [3.63, 3.8) is 0 Å². The maximum Gasteiger partial charge on any atom is 0.321 e. The Hall–Kier alpha value is -0.0531. The van der Waals surface area contributed by atoms with Gasteiger partial charge in [-0.15, -0.1) is 23.2 Å². The Morgan fingerprint density at radius 1 is 0.971 bits per heavy atom. The van der Waals surface area contributed by atoms with Gasteiger partial charge in [-0.2, -0.15) is 0 Å². The molecular weight excluding hydrogens is 755 g/mol. The fraction of sp³-hybridized carbons (Fsp3) is 0.800. The first kappa shape index (κ1) is 29.5. The van der Waals surface area contributed by atoms with Crippen LogP contribution in [0.15, 0.2) is 0 Å². The van der Waals surface area contributed by atoms with Crippen LogP contribution in [0.1, 0.15) is 12.8 Å². The van der Waals surface area contributed by atoms with Gasteiger partial charge in [0.15, 0.2) is 0 Å². The van der Waals surface area contributed by atoms with Gasteiger partial charge in [0.05, 0.1) is 55.3 Å². The van der Waals surface area contributed by atoms with Gasteiger partial charge in [0.1, 0.15) is 18.1 Å². The molecule has 0 aromatic rings. The Bertz CT molecular complexity index is 829. The first-order valence-corrected chi connectivity index (χ1v) is 12.0. The number of aliphatic hydroxyl groups is 1. The third kappa shape index (κ3) is 6.34. The van der Waals surface area contributed by atoms with Crippen LogP contribution in [0.25, 0.3) is 0 Å². The molecule has 6 saturated heterocycles. The van der Waals surface area contributed by atoms with Gasteiger partial charge >= 0.3 is 17.9 Å². The van der Waals surface area contributed by atoms with E-state index in [1.807, 2.05) is 0 Å². The quantitative estimate of drug-likeness (QED) is 0.135. The summed E-state index contributed by atoms with van der Waals surface area (Å²) in [4.78, 5) is 43.2. The molecule has 6 fully saturated rings. The Morgan fingerprint density at radius 2 is 1.46 bits per heavy atom. The van der Waals surface area contributed by atoms with E-state index in [-0.39, 0.29) is 109 Å². The molecule has 0 spiro atoms. The van der Waals surface area contributed by atoms with E-state index >= 15 is 0 Å². The first-order valence-electron chi connectivity index (χ1n) is 11.1. The van der Waals surface area contributed by atoms with Crippen LogP contribution < -0.4 is 0 Å². The number of alkyl halides is 2. The number of fused-ring (bicyclic) bond motifs is 10. The molecule has 6 aliphatic heterocycles. The van der Waals surface area contributed by atoms with Crippen LogP contribution in [0.3, 0.4) is 0 Å². The number of halogens is 3. The second kappa shape index (κ2) is 13.1. The van der Waals surface area contributed by atoms with Crippen molar-refractivity contribution in [3.8, 4) is 0 Å². The molecule has 0 amide bonds. The molecule has 0 aliphatic carbocycles. The van der Waals surface area contributed by atoms with Crippen LogP contribution in [0.4, 0.5) is 0 Å². The largest absolute Gasteiger partial charge is 0.465 e. The molecule has 4 bridgehead atoms. The minimum absolute atomic E-state index is 0. The number of cyclic esters (lactones) is 2. The van der Waals surface area contributed by atoms with Gasteiger partial charge in [0, 0.05) is 64.2 Å². The summed E-state index contributed by atoms with van der Waals surface area (Å²) in [5.74, 6) is -1.24. The molecule has 10 nitrogen and oxygen atoms in total. The molecule has 0 saturated carbocycles. The van der Waals surface area contributed by atoms with E-state index in [0.717, 1.165) is 0 Å². The normalized spacial score (nSPS) is 40.6. The van der Waals surface area contributed by atoms with Gasteiger partial charge in [-0.3, -0.25) is 19.2 Å². The Labute approximate surface area is 243 Å². The van der Waals surface area contributed by atoms with E-state index in [2.05, 4.69) is 8.38 Å². The summed E-state index contributed by atoms with van der Waals surface area (Å²) < 4.78 is 31.4. The smallest absolute Gasteiger partial charge is 0.321 e. The van der Waals surface area contributed by atoms with Crippen LogP contribution in [0, 0.1) is 54.8 Å².